The van der Waals surface area contributed by atoms with Gasteiger partial charge < -0.3 is 16.8 Å². The van der Waals surface area contributed by atoms with Gasteiger partial charge in [0.25, 0.3) is 0 Å². The number of hydrogen-bond donors (Lipinski definition) is 3. The lowest BCUT2D eigenvalue weighted by Crippen LogP contribution is -2.55. The molecule has 0 atom stereocenters. The van der Waals surface area contributed by atoms with E-state index >= 15 is 0 Å². The van der Waals surface area contributed by atoms with E-state index in [1.807, 2.05) is 0 Å². The van der Waals surface area contributed by atoms with Crippen molar-refractivity contribution in [2.45, 2.75) is 44.1 Å². The fourth-order valence-corrected chi connectivity index (χ4v) is 1.89. The van der Waals surface area contributed by atoms with Gasteiger partial charge in [-0.2, -0.15) is 0 Å². The summed E-state index contributed by atoms with van der Waals surface area (Å²) >= 11 is 0. The van der Waals surface area contributed by atoms with E-state index in [1.54, 1.807) is 0 Å². The summed E-state index contributed by atoms with van der Waals surface area (Å²) in [6, 6.07) is 0. The Morgan fingerprint density at radius 1 is 1.29 bits per heavy atom. The third-order valence-electron chi connectivity index (χ3n) is 2.86. The highest BCUT2D eigenvalue weighted by molar-refractivity contribution is 5.86. The minimum absolute atomic E-state index is 0.00523. The molecule has 1 amide bonds. The molecule has 5 N–H and O–H groups in total. The Kier molecular flexibility index (Phi) is 4.35. The summed E-state index contributed by atoms with van der Waals surface area (Å²) < 4.78 is 0. The number of rotatable bonds is 4. The molecule has 0 heterocycles. The smallest absolute Gasteiger partial charge is 0.240 e. The normalized spacial score (nSPS) is 20.4. The van der Waals surface area contributed by atoms with Gasteiger partial charge in [0, 0.05) is 6.54 Å². The first-order chi connectivity index (χ1) is 6.69. The molecule has 0 aliphatic heterocycles. The van der Waals surface area contributed by atoms with Crippen LogP contribution in [-0.2, 0) is 4.79 Å². The molecule has 4 nitrogen and oxygen atoms in total. The molecular formula is C10H21N3O. The molecule has 0 radical (unpaired) electrons. The van der Waals surface area contributed by atoms with Crippen molar-refractivity contribution in [2.75, 3.05) is 13.1 Å². The van der Waals surface area contributed by atoms with Crippen molar-refractivity contribution in [2.24, 2.45) is 11.5 Å². The maximum Gasteiger partial charge on any atom is 0.240 e. The van der Waals surface area contributed by atoms with Gasteiger partial charge in [-0.05, 0) is 25.8 Å². The fraction of sp³-hybridized carbons (Fsp3) is 0.900. The van der Waals surface area contributed by atoms with E-state index in [9.17, 15) is 4.79 Å². The summed E-state index contributed by atoms with van der Waals surface area (Å²) in [6.45, 7) is 1.26. The number of nitrogens with one attached hydrogen (secondary N) is 1. The molecule has 0 aromatic carbocycles. The molecule has 82 valence electrons. The van der Waals surface area contributed by atoms with Crippen LogP contribution in [0.25, 0.3) is 0 Å². The number of nitrogens with two attached hydrogens (primary N) is 2. The fourth-order valence-electron chi connectivity index (χ4n) is 1.89. The standard InChI is InChI=1S/C10H21N3O/c11-7-4-8-13-9(14)10(12)5-2-1-3-6-10/h1-8,11-12H2,(H,13,14). The van der Waals surface area contributed by atoms with Crippen molar-refractivity contribution in [1.29, 1.82) is 0 Å². The molecule has 0 aromatic rings. The van der Waals surface area contributed by atoms with E-state index < -0.39 is 5.54 Å². The van der Waals surface area contributed by atoms with Crippen LogP contribution >= 0.6 is 0 Å². The first-order valence-corrected chi connectivity index (χ1v) is 5.46. The van der Waals surface area contributed by atoms with Crippen LogP contribution in [0.1, 0.15) is 38.5 Å². The van der Waals surface area contributed by atoms with Crippen LogP contribution < -0.4 is 16.8 Å². The van der Waals surface area contributed by atoms with Gasteiger partial charge in [-0.3, -0.25) is 4.79 Å². The second-order valence-electron chi connectivity index (χ2n) is 4.11. The van der Waals surface area contributed by atoms with Crippen LogP contribution in [0, 0.1) is 0 Å². The Morgan fingerprint density at radius 3 is 2.50 bits per heavy atom. The van der Waals surface area contributed by atoms with Crippen molar-refractivity contribution in [3.63, 3.8) is 0 Å². The largest absolute Gasteiger partial charge is 0.354 e. The van der Waals surface area contributed by atoms with E-state index in [1.165, 1.54) is 6.42 Å². The highest BCUT2D eigenvalue weighted by Crippen LogP contribution is 2.25. The molecule has 1 fully saturated rings. The van der Waals surface area contributed by atoms with Crippen LogP contribution in [0.3, 0.4) is 0 Å². The van der Waals surface area contributed by atoms with Gasteiger partial charge in [0.05, 0.1) is 5.54 Å². The van der Waals surface area contributed by atoms with Gasteiger partial charge in [0.2, 0.25) is 5.91 Å². The first kappa shape index (κ1) is 11.5. The Bertz CT molecular complexity index is 188. The maximum absolute atomic E-state index is 11.7. The molecular weight excluding hydrogens is 178 g/mol. The summed E-state index contributed by atoms with van der Waals surface area (Å²) in [5.74, 6) is 0.00523. The van der Waals surface area contributed by atoms with Gasteiger partial charge in [-0.25, -0.2) is 0 Å². The van der Waals surface area contributed by atoms with Crippen molar-refractivity contribution < 1.29 is 4.79 Å². The quantitative estimate of drug-likeness (QED) is 0.562. The number of carbonyl (C=O) groups excluding carboxylic acids is 1. The summed E-state index contributed by atoms with van der Waals surface area (Å²) in [5, 5.41) is 2.85. The predicted molar refractivity (Wildman–Crippen MR) is 56.7 cm³/mol. The molecule has 0 bridgehead atoms. The zero-order chi connectivity index (χ0) is 10.4. The molecule has 0 unspecified atom stereocenters. The van der Waals surface area contributed by atoms with Crippen LogP contribution in [0.2, 0.25) is 0 Å². The van der Waals surface area contributed by atoms with Gasteiger partial charge in [-0.1, -0.05) is 19.3 Å². The van der Waals surface area contributed by atoms with Crippen LogP contribution in [0.5, 0.6) is 0 Å². The molecule has 4 heteroatoms. The molecule has 0 saturated heterocycles. The SMILES string of the molecule is NCCCNC(=O)C1(N)CCCCC1. The zero-order valence-corrected chi connectivity index (χ0v) is 8.72. The summed E-state index contributed by atoms with van der Waals surface area (Å²) in [6.07, 6.45) is 5.81. The maximum atomic E-state index is 11.7. The summed E-state index contributed by atoms with van der Waals surface area (Å²) in [7, 11) is 0. The molecule has 1 aliphatic rings. The highest BCUT2D eigenvalue weighted by atomic mass is 16.2. The number of carbonyl (C=O) groups is 1. The van der Waals surface area contributed by atoms with Crippen molar-refractivity contribution in [3.8, 4) is 0 Å². The van der Waals surface area contributed by atoms with Crippen molar-refractivity contribution in [1.82, 2.24) is 5.32 Å². The number of amides is 1. The van der Waals surface area contributed by atoms with E-state index in [2.05, 4.69) is 5.32 Å². The second-order valence-corrected chi connectivity index (χ2v) is 4.11. The van der Waals surface area contributed by atoms with E-state index in [0.717, 1.165) is 32.1 Å². The lowest BCUT2D eigenvalue weighted by Gasteiger charge is -2.31. The van der Waals surface area contributed by atoms with Gasteiger partial charge in [-0.15, -0.1) is 0 Å². The van der Waals surface area contributed by atoms with E-state index in [-0.39, 0.29) is 5.91 Å². The molecule has 14 heavy (non-hydrogen) atoms. The van der Waals surface area contributed by atoms with Crippen LogP contribution in [0.4, 0.5) is 0 Å². The van der Waals surface area contributed by atoms with E-state index in [0.29, 0.717) is 13.1 Å². The Labute approximate surface area is 85.4 Å². The molecule has 0 aromatic heterocycles. The minimum Gasteiger partial charge on any atom is -0.354 e. The number of hydrogen-bond acceptors (Lipinski definition) is 3. The second kappa shape index (κ2) is 5.32. The molecule has 1 rings (SSSR count). The minimum atomic E-state index is -0.604. The average molecular weight is 199 g/mol. The average Bonchev–Trinajstić information content (AvgIpc) is 2.19. The first-order valence-electron chi connectivity index (χ1n) is 5.46. The molecule has 1 aliphatic carbocycles. The van der Waals surface area contributed by atoms with Crippen molar-refractivity contribution >= 4 is 5.91 Å². The Morgan fingerprint density at radius 2 is 1.93 bits per heavy atom. The van der Waals surface area contributed by atoms with Gasteiger partial charge in [0.15, 0.2) is 0 Å². The topological polar surface area (TPSA) is 81.1 Å². The van der Waals surface area contributed by atoms with Gasteiger partial charge in [0.1, 0.15) is 0 Å². The van der Waals surface area contributed by atoms with Crippen LogP contribution in [-0.4, -0.2) is 24.5 Å². The zero-order valence-electron chi connectivity index (χ0n) is 8.72. The monoisotopic (exact) mass is 199 g/mol. The summed E-state index contributed by atoms with van der Waals surface area (Å²) in [5.41, 5.74) is 10.8. The third-order valence-corrected chi connectivity index (χ3v) is 2.86. The Balaban J connectivity index is 2.33. The third kappa shape index (κ3) is 2.96. The molecule has 0 spiro atoms. The van der Waals surface area contributed by atoms with Crippen molar-refractivity contribution in [3.05, 3.63) is 0 Å². The van der Waals surface area contributed by atoms with E-state index in [4.69, 9.17) is 11.5 Å². The molecule has 1 saturated carbocycles. The summed E-state index contributed by atoms with van der Waals surface area (Å²) in [4.78, 5) is 11.7. The lowest BCUT2D eigenvalue weighted by molar-refractivity contribution is -0.127. The predicted octanol–water partition coefficient (Wildman–Crippen LogP) is 0.113. The highest BCUT2D eigenvalue weighted by Gasteiger charge is 2.34. The van der Waals surface area contributed by atoms with Crippen LogP contribution in [0.15, 0.2) is 0 Å². The Hall–Kier alpha value is -0.610. The van der Waals surface area contributed by atoms with Gasteiger partial charge >= 0.3 is 0 Å². The lowest BCUT2D eigenvalue weighted by atomic mass is 9.82.